The van der Waals surface area contributed by atoms with Crippen LogP contribution in [0.15, 0.2) is 0 Å². The highest BCUT2D eigenvalue weighted by molar-refractivity contribution is 4.70. The van der Waals surface area contributed by atoms with Crippen molar-refractivity contribution in [3.05, 3.63) is 0 Å². The molecule has 0 aromatic heterocycles. The fourth-order valence-corrected chi connectivity index (χ4v) is 1.59. The van der Waals surface area contributed by atoms with Crippen molar-refractivity contribution in [2.45, 2.75) is 39.7 Å². The maximum atomic E-state index is 8.48. The van der Waals surface area contributed by atoms with Crippen LogP contribution in [0.25, 0.3) is 0 Å². The molecule has 0 aliphatic rings. The second-order valence-corrected chi connectivity index (χ2v) is 4.54. The van der Waals surface area contributed by atoms with Gasteiger partial charge in [0.25, 0.3) is 0 Å². The molecule has 0 aliphatic carbocycles. The molecule has 3 heteroatoms. The fraction of sp³-hybridized carbons (Fsp3) is 1.00. The molecule has 0 heterocycles. The molecule has 0 unspecified atom stereocenters. The van der Waals surface area contributed by atoms with Crippen molar-refractivity contribution in [3.63, 3.8) is 0 Å². The van der Waals surface area contributed by atoms with Gasteiger partial charge in [0.05, 0.1) is 32.0 Å². The van der Waals surface area contributed by atoms with E-state index in [0.717, 1.165) is 6.42 Å². The first-order valence-electron chi connectivity index (χ1n) is 5.30. The summed E-state index contributed by atoms with van der Waals surface area (Å²) in [6, 6.07) is 0. The number of hydrogen-bond donors (Lipinski definition) is 1. The van der Waals surface area contributed by atoms with Crippen LogP contribution < -0.4 is 0 Å². The molecule has 3 nitrogen and oxygen atoms in total. The van der Waals surface area contributed by atoms with Crippen molar-refractivity contribution in [1.29, 1.82) is 0 Å². The van der Waals surface area contributed by atoms with Crippen molar-refractivity contribution >= 4 is 0 Å². The van der Waals surface area contributed by atoms with Crippen LogP contribution in [-0.4, -0.2) is 37.1 Å². The van der Waals surface area contributed by atoms with Crippen LogP contribution in [0.3, 0.4) is 0 Å². The Morgan fingerprint density at radius 1 is 1.14 bits per heavy atom. The van der Waals surface area contributed by atoms with Gasteiger partial charge in [-0.05, 0) is 26.2 Å². The maximum absolute atomic E-state index is 8.48. The second-order valence-electron chi connectivity index (χ2n) is 4.54. The Labute approximate surface area is 87.4 Å². The van der Waals surface area contributed by atoms with Crippen LogP contribution in [0.4, 0.5) is 0 Å². The van der Waals surface area contributed by atoms with E-state index < -0.39 is 0 Å². The molecule has 0 fully saturated rings. The van der Waals surface area contributed by atoms with Gasteiger partial charge in [-0.25, -0.2) is 0 Å². The SMILES string of the molecule is CC(C)CC(C)(C)OCCOCCO. The second kappa shape index (κ2) is 7.21. The number of aliphatic hydroxyl groups is 1. The van der Waals surface area contributed by atoms with E-state index in [1.54, 1.807) is 0 Å². The van der Waals surface area contributed by atoms with Gasteiger partial charge in [0.15, 0.2) is 0 Å². The molecule has 0 rings (SSSR count). The molecule has 0 bridgehead atoms. The van der Waals surface area contributed by atoms with Crippen LogP contribution >= 0.6 is 0 Å². The zero-order valence-electron chi connectivity index (χ0n) is 9.88. The average Bonchev–Trinajstić information content (AvgIpc) is 2.01. The molecule has 0 aliphatic heterocycles. The van der Waals surface area contributed by atoms with Crippen LogP contribution in [0.5, 0.6) is 0 Å². The first-order chi connectivity index (χ1) is 6.48. The smallest absolute Gasteiger partial charge is 0.0707 e. The summed E-state index contributed by atoms with van der Waals surface area (Å²) in [7, 11) is 0. The number of aliphatic hydroxyl groups excluding tert-OH is 1. The lowest BCUT2D eigenvalue weighted by molar-refractivity contribution is -0.0585. The van der Waals surface area contributed by atoms with Gasteiger partial charge >= 0.3 is 0 Å². The summed E-state index contributed by atoms with van der Waals surface area (Å²) < 4.78 is 10.8. The van der Waals surface area contributed by atoms with E-state index in [0.29, 0.717) is 25.7 Å². The lowest BCUT2D eigenvalue weighted by Gasteiger charge is -2.27. The summed E-state index contributed by atoms with van der Waals surface area (Å²) in [6.45, 7) is 10.2. The zero-order chi connectivity index (χ0) is 11.0. The Morgan fingerprint density at radius 2 is 1.79 bits per heavy atom. The Morgan fingerprint density at radius 3 is 2.29 bits per heavy atom. The van der Waals surface area contributed by atoms with E-state index in [1.165, 1.54) is 0 Å². The van der Waals surface area contributed by atoms with Crippen LogP contribution in [0.1, 0.15) is 34.1 Å². The van der Waals surface area contributed by atoms with Crippen molar-refractivity contribution in [2.75, 3.05) is 26.4 Å². The summed E-state index contributed by atoms with van der Waals surface area (Å²) in [5, 5.41) is 8.48. The summed E-state index contributed by atoms with van der Waals surface area (Å²) >= 11 is 0. The van der Waals surface area contributed by atoms with E-state index in [1.807, 2.05) is 0 Å². The van der Waals surface area contributed by atoms with Gasteiger partial charge < -0.3 is 14.6 Å². The third-order valence-electron chi connectivity index (χ3n) is 1.86. The summed E-state index contributed by atoms with van der Waals surface area (Å²) in [5.74, 6) is 0.642. The predicted octanol–water partition coefficient (Wildman–Crippen LogP) is 1.84. The Balaban J connectivity index is 3.45. The Hall–Kier alpha value is -0.120. The predicted molar refractivity (Wildman–Crippen MR) is 57.4 cm³/mol. The Bertz CT molecular complexity index is 132. The highest BCUT2D eigenvalue weighted by Gasteiger charge is 2.19. The summed E-state index contributed by atoms with van der Waals surface area (Å²) in [5.41, 5.74) is -0.0727. The van der Waals surface area contributed by atoms with Crippen LogP contribution in [0, 0.1) is 5.92 Å². The quantitative estimate of drug-likeness (QED) is 0.613. The minimum absolute atomic E-state index is 0.0727. The molecule has 0 spiro atoms. The summed E-state index contributed by atoms with van der Waals surface area (Å²) in [4.78, 5) is 0. The number of ether oxygens (including phenoxy) is 2. The topological polar surface area (TPSA) is 38.7 Å². The van der Waals surface area contributed by atoms with E-state index >= 15 is 0 Å². The molecule has 0 amide bonds. The van der Waals surface area contributed by atoms with Crippen molar-refractivity contribution in [2.24, 2.45) is 5.92 Å². The molecule has 0 saturated carbocycles. The van der Waals surface area contributed by atoms with E-state index in [4.69, 9.17) is 14.6 Å². The van der Waals surface area contributed by atoms with Crippen molar-refractivity contribution < 1.29 is 14.6 Å². The van der Waals surface area contributed by atoms with E-state index in [-0.39, 0.29) is 12.2 Å². The Kier molecular flexibility index (Phi) is 7.15. The third kappa shape index (κ3) is 8.48. The molecule has 86 valence electrons. The minimum atomic E-state index is -0.0727. The molecule has 0 aromatic rings. The third-order valence-corrected chi connectivity index (χ3v) is 1.86. The molecule has 1 N–H and O–H groups in total. The molecule has 14 heavy (non-hydrogen) atoms. The minimum Gasteiger partial charge on any atom is -0.394 e. The van der Waals surface area contributed by atoms with Gasteiger partial charge in [-0.2, -0.15) is 0 Å². The van der Waals surface area contributed by atoms with Gasteiger partial charge in [-0.1, -0.05) is 13.8 Å². The molecule has 0 atom stereocenters. The first-order valence-corrected chi connectivity index (χ1v) is 5.30. The molecule has 0 radical (unpaired) electrons. The average molecular weight is 204 g/mol. The van der Waals surface area contributed by atoms with Gasteiger partial charge in [-0.15, -0.1) is 0 Å². The normalized spacial score (nSPS) is 12.4. The number of rotatable bonds is 8. The molecule has 0 aromatic carbocycles. The number of hydrogen-bond acceptors (Lipinski definition) is 3. The van der Waals surface area contributed by atoms with Gasteiger partial charge in [-0.3, -0.25) is 0 Å². The maximum Gasteiger partial charge on any atom is 0.0707 e. The monoisotopic (exact) mass is 204 g/mol. The highest BCUT2D eigenvalue weighted by Crippen LogP contribution is 2.19. The highest BCUT2D eigenvalue weighted by atomic mass is 16.5. The van der Waals surface area contributed by atoms with Crippen LogP contribution in [-0.2, 0) is 9.47 Å². The van der Waals surface area contributed by atoms with Gasteiger partial charge in [0.1, 0.15) is 0 Å². The van der Waals surface area contributed by atoms with Gasteiger partial charge in [0.2, 0.25) is 0 Å². The van der Waals surface area contributed by atoms with Crippen LogP contribution in [0.2, 0.25) is 0 Å². The van der Waals surface area contributed by atoms with E-state index in [9.17, 15) is 0 Å². The molecular weight excluding hydrogens is 180 g/mol. The lowest BCUT2D eigenvalue weighted by atomic mass is 9.96. The fourth-order valence-electron chi connectivity index (χ4n) is 1.59. The molecule has 0 saturated heterocycles. The van der Waals surface area contributed by atoms with Crippen molar-refractivity contribution in [3.8, 4) is 0 Å². The summed E-state index contributed by atoms with van der Waals surface area (Å²) in [6.07, 6.45) is 1.05. The van der Waals surface area contributed by atoms with Gasteiger partial charge in [0, 0.05) is 0 Å². The molecular formula is C11H24O3. The lowest BCUT2D eigenvalue weighted by Crippen LogP contribution is -2.28. The zero-order valence-corrected chi connectivity index (χ0v) is 9.88. The van der Waals surface area contributed by atoms with E-state index in [2.05, 4.69) is 27.7 Å². The largest absolute Gasteiger partial charge is 0.394 e. The standard InChI is InChI=1S/C11H24O3/c1-10(2)9-11(3,4)14-8-7-13-6-5-12/h10,12H,5-9H2,1-4H3. The van der Waals surface area contributed by atoms with Crippen molar-refractivity contribution in [1.82, 2.24) is 0 Å². The first kappa shape index (κ1) is 13.9.